The zero-order valence-corrected chi connectivity index (χ0v) is 13.1. The molecule has 7 heteroatoms. The molecule has 0 aliphatic heterocycles. The van der Waals surface area contributed by atoms with Crippen LogP contribution < -0.4 is 5.32 Å². The van der Waals surface area contributed by atoms with Crippen molar-refractivity contribution in [3.8, 4) is 0 Å². The summed E-state index contributed by atoms with van der Waals surface area (Å²) < 4.78 is 18.0. The summed E-state index contributed by atoms with van der Waals surface area (Å²) in [5, 5.41) is 6.12. The predicted molar refractivity (Wildman–Crippen MR) is 81.2 cm³/mol. The number of hydrogen-bond donors (Lipinski definition) is 1. The molecule has 112 valence electrons. The van der Waals surface area contributed by atoms with E-state index in [-0.39, 0.29) is 16.2 Å². The lowest BCUT2D eigenvalue weighted by atomic mass is 10.3. The minimum atomic E-state index is -0.475. The fourth-order valence-corrected chi connectivity index (χ4v) is 2.91. The van der Waals surface area contributed by atoms with E-state index in [0.29, 0.717) is 18.0 Å². The maximum absolute atomic E-state index is 13.1. The number of amides is 1. The summed E-state index contributed by atoms with van der Waals surface area (Å²) in [6.07, 6.45) is 0.613. The standard InChI is InChI=1S/C14H14ClFN2O2S/c1-3-12(14(19)17-13-6-8(2)20-18-13)21-9-4-5-11(16)10(15)7-9/h4-7,12H,3H2,1-2H3,(H,17,18,19)/t12-/m1/s1. The number of nitrogens with one attached hydrogen (secondary N) is 1. The molecule has 0 saturated heterocycles. The fourth-order valence-electron chi connectivity index (χ4n) is 1.67. The van der Waals surface area contributed by atoms with Crippen LogP contribution in [-0.2, 0) is 4.79 Å². The van der Waals surface area contributed by atoms with Gasteiger partial charge in [-0.1, -0.05) is 23.7 Å². The van der Waals surface area contributed by atoms with Crippen molar-refractivity contribution in [1.29, 1.82) is 0 Å². The van der Waals surface area contributed by atoms with Crippen molar-refractivity contribution in [3.05, 3.63) is 40.9 Å². The first-order valence-electron chi connectivity index (χ1n) is 6.35. The van der Waals surface area contributed by atoms with Gasteiger partial charge in [-0.3, -0.25) is 4.79 Å². The number of carbonyl (C=O) groups is 1. The van der Waals surface area contributed by atoms with E-state index in [0.717, 1.165) is 4.90 Å². The van der Waals surface area contributed by atoms with Gasteiger partial charge in [0.2, 0.25) is 5.91 Å². The highest BCUT2D eigenvalue weighted by Crippen LogP contribution is 2.29. The molecule has 0 aliphatic rings. The second-order valence-corrected chi connectivity index (χ2v) is 6.09. The van der Waals surface area contributed by atoms with Crippen LogP contribution in [0.25, 0.3) is 0 Å². The van der Waals surface area contributed by atoms with Crippen LogP contribution in [-0.4, -0.2) is 16.3 Å². The Hall–Kier alpha value is -1.53. The molecule has 0 fully saturated rings. The summed E-state index contributed by atoms with van der Waals surface area (Å²) in [4.78, 5) is 12.9. The highest BCUT2D eigenvalue weighted by atomic mass is 35.5. The van der Waals surface area contributed by atoms with E-state index in [9.17, 15) is 9.18 Å². The molecular weight excluding hydrogens is 315 g/mol. The topological polar surface area (TPSA) is 55.1 Å². The van der Waals surface area contributed by atoms with Gasteiger partial charge in [-0.2, -0.15) is 0 Å². The van der Waals surface area contributed by atoms with Gasteiger partial charge < -0.3 is 9.84 Å². The van der Waals surface area contributed by atoms with Crippen molar-refractivity contribution in [1.82, 2.24) is 5.16 Å². The Balaban J connectivity index is 2.04. The molecule has 0 unspecified atom stereocenters. The molecule has 2 aromatic rings. The largest absolute Gasteiger partial charge is 0.360 e. The number of carbonyl (C=O) groups excluding carboxylic acids is 1. The summed E-state index contributed by atoms with van der Waals surface area (Å²) in [6, 6.07) is 6.04. The van der Waals surface area contributed by atoms with E-state index in [2.05, 4.69) is 10.5 Å². The third-order valence-corrected chi connectivity index (χ3v) is 4.36. The van der Waals surface area contributed by atoms with Gasteiger partial charge in [-0.15, -0.1) is 11.8 Å². The van der Waals surface area contributed by atoms with Crippen LogP contribution in [0.5, 0.6) is 0 Å². The monoisotopic (exact) mass is 328 g/mol. The molecular formula is C14H14ClFN2O2S. The normalized spacial score (nSPS) is 12.2. The summed E-state index contributed by atoms with van der Waals surface area (Å²) in [5.74, 6) is 0.345. The lowest BCUT2D eigenvalue weighted by Gasteiger charge is -2.13. The van der Waals surface area contributed by atoms with E-state index in [1.54, 1.807) is 19.1 Å². The Bertz CT molecular complexity index is 648. The number of thioether (sulfide) groups is 1. The maximum Gasteiger partial charge on any atom is 0.239 e. The lowest BCUT2D eigenvalue weighted by Crippen LogP contribution is -2.24. The number of benzene rings is 1. The van der Waals surface area contributed by atoms with Gasteiger partial charge in [-0.25, -0.2) is 4.39 Å². The molecule has 21 heavy (non-hydrogen) atoms. The van der Waals surface area contributed by atoms with Gasteiger partial charge in [0.1, 0.15) is 11.6 Å². The van der Waals surface area contributed by atoms with Crippen molar-refractivity contribution in [2.24, 2.45) is 0 Å². The van der Waals surface area contributed by atoms with Crippen molar-refractivity contribution in [3.63, 3.8) is 0 Å². The average Bonchev–Trinajstić information content (AvgIpc) is 2.85. The molecule has 1 heterocycles. The molecule has 2 rings (SSSR count). The van der Waals surface area contributed by atoms with Crippen LogP contribution >= 0.6 is 23.4 Å². The van der Waals surface area contributed by atoms with Crippen LogP contribution in [0.2, 0.25) is 5.02 Å². The van der Waals surface area contributed by atoms with Crippen LogP contribution in [0.4, 0.5) is 10.2 Å². The number of anilines is 1. The molecule has 0 radical (unpaired) electrons. The summed E-state index contributed by atoms with van der Waals surface area (Å²) >= 11 is 7.07. The van der Waals surface area contributed by atoms with E-state index in [4.69, 9.17) is 16.1 Å². The Labute approximate surface area is 131 Å². The second-order valence-electron chi connectivity index (χ2n) is 4.40. The molecule has 0 aliphatic carbocycles. The highest BCUT2D eigenvalue weighted by molar-refractivity contribution is 8.00. The lowest BCUT2D eigenvalue weighted by molar-refractivity contribution is -0.115. The van der Waals surface area contributed by atoms with E-state index in [1.165, 1.54) is 23.9 Å². The van der Waals surface area contributed by atoms with Gasteiger partial charge in [-0.05, 0) is 31.5 Å². The highest BCUT2D eigenvalue weighted by Gasteiger charge is 2.19. The molecule has 1 amide bonds. The zero-order valence-electron chi connectivity index (χ0n) is 11.5. The fraction of sp³-hybridized carbons (Fsp3) is 0.286. The van der Waals surface area contributed by atoms with Gasteiger partial charge in [0.15, 0.2) is 5.82 Å². The first-order valence-corrected chi connectivity index (χ1v) is 7.61. The number of halogens is 2. The van der Waals surface area contributed by atoms with Crippen LogP contribution in [0, 0.1) is 12.7 Å². The Morgan fingerprint density at radius 2 is 2.29 bits per heavy atom. The summed E-state index contributed by atoms with van der Waals surface area (Å²) in [6.45, 7) is 3.64. The molecule has 4 nitrogen and oxygen atoms in total. The first kappa shape index (κ1) is 15.9. The van der Waals surface area contributed by atoms with Gasteiger partial charge in [0.05, 0.1) is 10.3 Å². The van der Waals surface area contributed by atoms with Crippen LogP contribution in [0.1, 0.15) is 19.1 Å². The van der Waals surface area contributed by atoms with Crippen LogP contribution in [0.3, 0.4) is 0 Å². The third-order valence-electron chi connectivity index (χ3n) is 2.71. The van der Waals surface area contributed by atoms with Crippen LogP contribution in [0.15, 0.2) is 33.7 Å². The first-order chi connectivity index (χ1) is 9.99. The average molecular weight is 329 g/mol. The number of aromatic nitrogens is 1. The minimum absolute atomic E-state index is 0.0439. The molecule has 1 aromatic carbocycles. The maximum atomic E-state index is 13.1. The summed E-state index contributed by atoms with van der Waals surface area (Å²) in [7, 11) is 0. The van der Waals surface area contributed by atoms with E-state index < -0.39 is 5.82 Å². The SMILES string of the molecule is CC[C@@H](Sc1ccc(F)c(Cl)c1)C(=O)Nc1cc(C)on1. The number of nitrogens with zero attached hydrogens (tertiary/aromatic N) is 1. The second kappa shape index (κ2) is 6.95. The number of aryl methyl sites for hydroxylation is 1. The smallest absolute Gasteiger partial charge is 0.239 e. The molecule has 1 atom stereocenters. The quantitative estimate of drug-likeness (QED) is 0.832. The van der Waals surface area contributed by atoms with Crippen molar-refractivity contribution >= 4 is 35.1 Å². The van der Waals surface area contributed by atoms with E-state index >= 15 is 0 Å². The van der Waals surface area contributed by atoms with Crippen molar-refractivity contribution < 1.29 is 13.7 Å². The molecule has 0 spiro atoms. The van der Waals surface area contributed by atoms with Gasteiger partial charge in [0, 0.05) is 11.0 Å². The molecule has 0 bridgehead atoms. The number of hydrogen-bond acceptors (Lipinski definition) is 4. The van der Waals surface area contributed by atoms with Crippen molar-refractivity contribution in [2.45, 2.75) is 30.4 Å². The van der Waals surface area contributed by atoms with Crippen molar-refractivity contribution in [2.75, 3.05) is 5.32 Å². The molecule has 1 aromatic heterocycles. The summed E-state index contributed by atoms with van der Waals surface area (Å²) in [5.41, 5.74) is 0. The minimum Gasteiger partial charge on any atom is -0.360 e. The van der Waals surface area contributed by atoms with Gasteiger partial charge >= 0.3 is 0 Å². The molecule has 0 saturated carbocycles. The Morgan fingerprint density at radius 3 is 2.86 bits per heavy atom. The predicted octanol–water partition coefficient (Wildman–Crippen LogP) is 4.28. The Kier molecular flexibility index (Phi) is 5.25. The third kappa shape index (κ3) is 4.22. The molecule has 1 N–H and O–H groups in total. The Morgan fingerprint density at radius 1 is 1.52 bits per heavy atom. The number of rotatable bonds is 5. The zero-order chi connectivity index (χ0) is 15.4. The van der Waals surface area contributed by atoms with Gasteiger partial charge in [0.25, 0.3) is 0 Å². The van der Waals surface area contributed by atoms with E-state index in [1.807, 2.05) is 6.92 Å².